The van der Waals surface area contributed by atoms with Crippen LogP contribution in [0, 0.1) is 0 Å². The molecule has 134 valence electrons. The van der Waals surface area contributed by atoms with Gasteiger partial charge in [-0.1, -0.05) is 92.8 Å². The summed E-state index contributed by atoms with van der Waals surface area (Å²) in [4.78, 5) is 4.83. The third kappa shape index (κ3) is 6.00. The highest BCUT2D eigenvalue weighted by molar-refractivity contribution is 6.01. The molecule has 0 amide bonds. The average molecular weight is 344 g/mol. The van der Waals surface area contributed by atoms with Gasteiger partial charge in [-0.25, -0.2) is 0 Å². The first-order valence-corrected chi connectivity index (χ1v) is 9.33. The van der Waals surface area contributed by atoms with Gasteiger partial charge in [-0.2, -0.15) is 0 Å². The zero-order chi connectivity index (χ0) is 18.8. The lowest BCUT2D eigenvalue weighted by Crippen LogP contribution is -2.01. The summed E-state index contributed by atoms with van der Waals surface area (Å²) in [6.07, 6.45) is 18.0. The SMILES string of the molecule is C=C(N=C(CCC)c1ccccc1)/C(C)=C/C=C(\C)C1=CCC=CC=C1. The molecule has 0 saturated heterocycles. The normalized spacial score (nSPS) is 15.7. The fourth-order valence-corrected chi connectivity index (χ4v) is 2.70. The van der Waals surface area contributed by atoms with Gasteiger partial charge in [-0.15, -0.1) is 0 Å². The summed E-state index contributed by atoms with van der Waals surface area (Å²) in [6, 6.07) is 10.4. The Labute approximate surface area is 158 Å². The molecular formula is C25H29N. The third-order valence-corrected chi connectivity index (χ3v) is 4.35. The number of hydrogen-bond donors (Lipinski definition) is 0. The van der Waals surface area contributed by atoms with Crippen LogP contribution in [-0.4, -0.2) is 5.71 Å². The molecule has 0 saturated carbocycles. The van der Waals surface area contributed by atoms with Crippen molar-refractivity contribution in [3.63, 3.8) is 0 Å². The maximum Gasteiger partial charge on any atom is 0.0590 e. The van der Waals surface area contributed by atoms with Crippen molar-refractivity contribution in [1.82, 2.24) is 0 Å². The van der Waals surface area contributed by atoms with Crippen molar-refractivity contribution in [2.75, 3.05) is 0 Å². The van der Waals surface area contributed by atoms with Gasteiger partial charge >= 0.3 is 0 Å². The fraction of sp³-hybridized carbons (Fsp3) is 0.240. The molecule has 26 heavy (non-hydrogen) atoms. The number of hydrogen-bond acceptors (Lipinski definition) is 1. The van der Waals surface area contributed by atoms with Crippen molar-refractivity contribution < 1.29 is 0 Å². The van der Waals surface area contributed by atoms with E-state index in [2.05, 4.69) is 94.1 Å². The Morgan fingerprint density at radius 3 is 2.62 bits per heavy atom. The molecule has 0 unspecified atom stereocenters. The van der Waals surface area contributed by atoms with Crippen LogP contribution in [0.2, 0.25) is 0 Å². The lowest BCUT2D eigenvalue weighted by atomic mass is 10.0. The van der Waals surface area contributed by atoms with E-state index in [1.54, 1.807) is 0 Å². The van der Waals surface area contributed by atoms with Gasteiger partial charge in [0.15, 0.2) is 0 Å². The quantitative estimate of drug-likeness (QED) is 0.369. The minimum atomic E-state index is 0.827. The van der Waals surface area contributed by atoms with E-state index in [1.807, 2.05) is 6.07 Å². The van der Waals surface area contributed by atoms with E-state index in [-0.39, 0.29) is 0 Å². The summed E-state index contributed by atoms with van der Waals surface area (Å²) < 4.78 is 0. The summed E-state index contributed by atoms with van der Waals surface area (Å²) >= 11 is 0. The minimum Gasteiger partial charge on any atom is -0.253 e. The van der Waals surface area contributed by atoms with Crippen LogP contribution in [0.1, 0.15) is 45.6 Å². The predicted octanol–water partition coefficient (Wildman–Crippen LogP) is 7.12. The topological polar surface area (TPSA) is 12.4 Å². The molecule has 0 fully saturated rings. The molecular weight excluding hydrogens is 314 g/mol. The monoisotopic (exact) mass is 343 g/mol. The van der Waals surface area contributed by atoms with Gasteiger partial charge in [0.1, 0.15) is 0 Å². The molecule has 1 aromatic rings. The summed E-state index contributed by atoms with van der Waals surface area (Å²) in [5.74, 6) is 0. The second-order valence-corrected chi connectivity index (χ2v) is 6.50. The first-order chi connectivity index (χ1) is 12.6. The zero-order valence-corrected chi connectivity index (χ0v) is 16.2. The van der Waals surface area contributed by atoms with Crippen LogP contribution < -0.4 is 0 Å². The van der Waals surface area contributed by atoms with Gasteiger partial charge < -0.3 is 0 Å². The molecule has 1 aliphatic rings. The smallest absolute Gasteiger partial charge is 0.0590 e. The van der Waals surface area contributed by atoms with E-state index in [0.717, 1.165) is 36.2 Å². The Morgan fingerprint density at radius 2 is 1.88 bits per heavy atom. The number of benzene rings is 1. The van der Waals surface area contributed by atoms with Crippen molar-refractivity contribution in [3.05, 3.63) is 107 Å². The zero-order valence-electron chi connectivity index (χ0n) is 16.2. The predicted molar refractivity (Wildman–Crippen MR) is 116 cm³/mol. The van der Waals surface area contributed by atoms with E-state index in [4.69, 9.17) is 4.99 Å². The molecule has 0 bridgehead atoms. The molecule has 0 aliphatic heterocycles. The Balaban J connectivity index is 2.17. The van der Waals surface area contributed by atoms with Gasteiger partial charge in [0, 0.05) is 5.71 Å². The van der Waals surface area contributed by atoms with E-state index in [1.165, 1.54) is 16.7 Å². The van der Waals surface area contributed by atoms with E-state index in [9.17, 15) is 0 Å². The van der Waals surface area contributed by atoms with Gasteiger partial charge in [-0.05, 0) is 49.0 Å². The molecule has 0 atom stereocenters. The number of aliphatic imine (C=N–C) groups is 1. The molecule has 1 aliphatic carbocycles. The van der Waals surface area contributed by atoms with Gasteiger partial charge in [-0.3, -0.25) is 4.99 Å². The highest BCUT2D eigenvalue weighted by Gasteiger charge is 2.04. The molecule has 1 nitrogen and oxygen atoms in total. The number of nitrogens with zero attached hydrogens (tertiary/aromatic N) is 1. The minimum absolute atomic E-state index is 0.827. The van der Waals surface area contributed by atoms with Crippen LogP contribution >= 0.6 is 0 Å². The molecule has 0 heterocycles. The Morgan fingerprint density at radius 1 is 1.12 bits per heavy atom. The average Bonchev–Trinajstić information content (AvgIpc) is 2.95. The van der Waals surface area contributed by atoms with Crippen LogP contribution in [0.15, 0.2) is 107 Å². The maximum atomic E-state index is 4.83. The maximum absolute atomic E-state index is 4.83. The van der Waals surface area contributed by atoms with Crippen LogP contribution in [-0.2, 0) is 0 Å². The van der Waals surface area contributed by atoms with Crippen LogP contribution in [0.3, 0.4) is 0 Å². The Hall–Kier alpha value is -2.67. The molecule has 1 aromatic carbocycles. The number of allylic oxidation sites excluding steroid dienone is 10. The highest BCUT2D eigenvalue weighted by atomic mass is 14.8. The molecule has 0 radical (unpaired) electrons. The van der Waals surface area contributed by atoms with Gasteiger partial charge in [0.25, 0.3) is 0 Å². The molecule has 1 heteroatoms. The second kappa shape index (κ2) is 10.4. The van der Waals surface area contributed by atoms with Gasteiger partial charge in [0.05, 0.1) is 5.70 Å². The first kappa shape index (κ1) is 19.7. The second-order valence-electron chi connectivity index (χ2n) is 6.50. The van der Waals surface area contributed by atoms with Gasteiger partial charge in [0.2, 0.25) is 0 Å². The van der Waals surface area contributed by atoms with Crippen molar-refractivity contribution >= 4 is 5.71 Å². The number of rotatable bonds is 7. The van der Waals surface area contributed by atoms with Crippen molar-refractivity contribution in [1.29, 1.82) is 0 Å². The van der Waals surface area contributed by atoms with Crippen molar-refractivity contribution in [3.8, 4) is 0 Å². The Kier molecular flexibility index (Phi) is 7.82. The summed E-state index contributed by atoms with van der Waals surface area (Å²) in [5, 5.41) is 0. The highest BCUT2D eigenvalue weighted by Crippen LogP contribution is 2.18. The third-order valence-electron chi connectivity index (χ3n) is 4.35. The summed E-state index contributed by atoms with van der Waals surface area (Å²) in [7, 11) is 0. The van der Waals surface area contributed by atoms with E-state index in [0.29, 0.717) is 0 Å². The summed E-state index contributed by atoms with van der Waals surface area (Å²) in [5.41, 5.74) is 6.71. The van der Waals surface area contributed by atoms with Crippen LogP contribution in [0.5, 0.6) is 0 Å². The summed E-state index contributed by atoms with van der Waals surface area (Å²) in [6.45, 7) is 10.6. The molecule has 0 aromatic heterocycles. The van der Waals surface area contributed by atoms with E-state index < -0.39 is 0 Å². The molecule has 2 rings (SSSR count). The van der Waals surface area contributed by atoms with Crippen molar-refractivity contribution in [2.24, 2.45) is 4.99 Å². The van der Waals surface area contributed by atoms with Crippen LogP contribution in [0.25, 0.3) is 0 Å². The molecule has 0 N–H and O–H groups in total. The lowest BCUT2D eigenvalue weighted by Gasteiger charge is -2.08. The van der Waals surface area contributed by atoms with Crippen molar-refractivity contribution in [2.45, 2.75) is 40.0 Å². The van der Waals surface area contributed by atoms with Crippen LogP contribution in [0.4, 0.5) is 0 Å². The standard InChI is InChI=1S/C25H29N/c1-5-13-25(24-16-11-8-12-17-24)26-22(4)20(2)18-19-21(3)23-14-9-6-7-10-15-23/h6-9,11-12,14-19H,4-5,10,13H2,1-3H3/b20-18+,21-19+,26-25?. The van der Waals surface area contributed by atoms with E-state index >= 15 is 0 Å². The molecule has 0 spiro atoms. The first-order valence-electron chi connectivity index (χ1n) is 9.33. The largest absolute Gasteiger partial charge is 0.253 e. The Bertz CT molecular complexity index is 796. The lowest BCUT2D eigenvalue weighted by molar-refractivity contribution is 0.989. The fourth-order valence-electron chi connectivity index (χ4n) is 2.70.